The van der Waals surface area contributed by atoms with Crippen molar-refractivity contribution in [1.82, 2.24) is 0 Å². The van der Waals surface area contributed by atoms with E-state index < -0.39 is 0 Å². The maximum Gasteiger partial charge on any atom is 0.136 e. The van der Waals surface area contributed by atoms with Crippen LogP contribution in [0.25, 0.3) is 263 Å². The highest BCUT2D eigenvalue weighted by Crippen LogP contribution is 2.53. The van der Waals surface area contributed by atoms with Crippen molar-refractivity contribution in [3.05, 3.63) is 473 Å². The maximum atomic E-state index is 6.34. The predicted octanol–water partition coefficient (Wildman–Crippen LogP) is 36.1. The van der Waals surface area contributed by atoms with Crippen LogP contribution in [0.3, 0.4) is 0 Å². The van der Waals surface area contributed by atoms with E-state index in [4.69, 9.17) is 13.3 Å². The summed E-state index contributed by atoms with van der Waals surface area (Å²) >= 11 is 0. The van der Waals surface area contributed by atoms with E-state index in [1.165, 1.54) is 197 Å². The molecule has 27 aromatic rings. The predicted molar refractivity (Wildman–Crippen MR) is 548 cm³/mol. The summed E-state index contributed by atoms with van der Waals surface area (Å²) in [5.74, 6) is 0. The Morgan fingerprint density at radius 3 is 0.915 bits per heavy atom. The average Bonchev–Trinajstić information content (AvgIpc) is 1.21. The van der Waals surface area contributed by atoms with Gasteiger partial charge in [0.15, 0.2) is 0 Å². The van der Waals surface area contributed by atoms with Crippen LogP contribution in [-0.4, -0.2) is 0 Å². The van der Waals surface area contributed by atoms with Crippen LogP contribution in [0.15, 0.2) is 486 Å². The SMILES string of the molecule is c1ccc(-c2cc3ccccc3cc2-c2c3ccccc3c(-c3cccc4oc5ccccc5c34)c3ccccc23)cc1.c1ccc(-c2ccc(-c3c4ccccc4c(-c4ccc5oc6ccccc6c5c4)c4ccccc34)c3ccccc23)cc1.c1ccc(-c2ccc3c(-c4ccc5oc6ccccc6c5c4)c4ccccc4c(-c4ccc5ccccc5c4)c3c2)cc1. The number of hydrogen-bond acceptors (Lipinski definition) is 3. The Bertz CT molecular complexity index is 9070. The quantitative estimate of drug-likeness (QED) is 0.135. The minimum atomic E-state index is 0.914. The molecule has 24 aromatic carbocycles. The Labute approximate surface area is 744 Å². The highest BCUT2D eigenvalue weighted by Gasteiger charge is 2.26. The Balaban J connectivity index is 0.000000105. The molecule has 0 saturated carbocycles. The van der Waals surface area contributed by atoms with Crippen LogP contribution in [-0.2, 0) is 0 Å². The zero-order valence-corrected chi connectivity index (χ0v) is 70.3. The third-order valence-electron chi connectivity index (χ3n) is 26.6. The van der Waals surface area contributed by atoms with Crippen molar-refractivity contribution >= 4 is 163 Å². The second kappa shape index (κ2) is 31.1. The van der Waals surface area contributed by atoms with E-state index in [-0.39, 0.29) is 0 Å². The fraction of sp³-hybridized carbons (Fsp3) is 0. The van der Waals surface area contributed by atoms with Crippen LogP contribution < -0.4 is 0 Å². The molecule has 27 rings (SSSR count). The summed E-state index contributed by atoms with van der Waals surface area (Å²) in [6.07, 6.45) is 0. The summed E-state index contributed by atoms with van der Waals surface area (Å²) in [6.45, 7) is 0. The Kier molecular flexibility index (Phi) is 18.0. The lowest BCUT2D eigenvalue weighted by atomic mass is 9.82. The van der Waals surface area contributed by atoms with Crippen molar-refractivity contribution in [1.29, 1.82) is 0 Å². The largest absolute Gasteiger partial charge is 0.456 e. The van der Waals surface area contributed by atoms with Crippen LogP contribution in [0.4, 0.5) is 0 Å². The molecule has 129 heavy (non-hydrogen) atoms. The molecule has 3 aromatic heterocycles. The molecule has 0 fully saturated rings. The molecule has 0 saturated heterocycles. The van der Waals surface area contributed by atoms with Crippen LogP contribution in [0.2, 0.25) is 0 Å². The molecular weight excluding hydrogens is 1560 g/mol. The molecule has 0 aliphatic heterocycles. The molecule has 0 bridgehead atoms. The van der Waals surface area contributed by atoms with Crippen molar-refractivity contribution in [3.63, 3.8) is 0 Å². The Hall–Kier alpha value is -17.0. The van der Waals surface area contributed by atoms with Gasteiger partial charge in [0.05, 0.1) is 0 Å². The van der Waals surface area contributed by atoms with Gasteiger partial charge in [0, 0.05) is 32.3 Å². The van der Waals surface area contributed by atoms with Gasteiger partial charge in [-0.25, -0.2) is 0 Å². The van der Waals surface area contributed by atoms with Gasteiger partial charge >= 0.3 is 0 Å². The van der Waals surface area contributed by atoms with Crippen molar-refractivity contribution in [2.75, 3.05) is 0 Å². The smallest absolute Gasteiger partial charge is 0.136 e. The molecule has 600 valence electrons. The van der Waals surface area contributed by atoms with Gasteiger partial charge in [-0.2, -0.15) is 0 Å². The molecule has 0 aliphatic carbocycles. The minimum absolute atomic E-state index is 0.914. The summed E-state index contributed by atoms with van der Waals surface area (Å²) in [4.78, 5) is 0. The fourth-order valence-corrected chi connectivity index (χ4v) is 20.8. The van der Waals surface area contributed by atoms with Gasteiger partial charge < -0.3 is 13.3 Å². The van der Waals surface area contributed by atoms with Crippen LogP contribution in [0, 0.1) is 0 Å². The molecular formula is C126H78O3. The Morgan fingerprint density at radius 2 is 0.411 bits per heavy atom. The summed E-state index contributed by atoms with van der Waals surface area (Å²) < 4.78 is 18.7. The Morgan fingerprint density at radius 1 is 0.109 bits per heavy atom. The molecule has 0 spiro atoms. The molecule has 3 nitrogen and oxygen atoms in total. The standard InChI is InChI=1S/3C42H26O/c1-2-13-27(14-3-1)36-25-28-15-4-5-16-29(28)26-37(36)41-32-19-8-6-17-30(32)40(31-18-7-9-20-33(31)41)35-22-12-24-39-42(35)34-21-10-11-23-38(34)43-39;1-2-12-27(13-3-1)29-23-24-37(31-15-5-4-14-30(29)31)42-35-19-8-6-17-33(35)41(34-18-7-9-20-36(34)42)28-22-25-40-38(26-28)32-16-10-11-21-39(32)43-40;1-2-10-27(11-3-1)30-20-22-36-38(25-30)42(31-19-18-28-12-4-5-13-29(28)24-31)35-16-7-6-15-34(35)41(36)32-21-23-40-37(26-32)33-14-8-9-17-39(33)43-40/h3*1-26H. The first-order valence-electron chi connectivity index (χ1n) is 44.3. The second-order valence-corrected chi connectivity index (χ2v) is 33.7. The van der Waals surface area contributed by atoms with Crippen LogP contribution in [0.5, 0.6) is 0 Å². The van der Waals surface area contributed by atoms with Gasteiger partial charge in [-0.05, 0) is 270 Å². The summed E-state index contributed by atoms with van der Waals surface area (Å²) in [6, 6.07) is 171. The van der Waals surface area contributed by atoms with E-state index in [1.54, 1.807) is 0 Å². The molecule has 0 radical (unpaired) electrons. The number of para-hydroxylation sites is 3. The van der Waals surface area contributed by atoms with E-state index in [9.17, 15) is 0 Å². The molecule has 0 atom stereocenters. The summed E-state index contributed by atoms with van der Waals surface area (Å²) in [7, 11) is 0. The summed E-state index contributed by atoms with van der Waals surface area (Å²) in [5, 5.41) is 29.4. The second-order valence-electron chi connectivity index (χ2n) is 33.7. The van der Waals surface area contributed by atoms with Crippen molar-refractivity contribution in [3.8, 4) is 100 Å². The zero-order valence-electron chi connectivity index (χ0n) is 70.3. The van der Waals surface area contributed by atoms with Gasteiger partial charge in [-0.3, -0.25) is 0 Å². The first kappa shape index (κ1) is 74.6. The molecule has 0 aliphatic rings. The first-order valence-corrected chi connectivity index (χ1v) is 44.3. The maximum absolute atomic E-state index is 6.34. The van der Waals surface area contributed by atoms with Gasteiger partial charge in [-0.15, -0.1) is 0 Å². The number of furan rings is 3. The lowest BCUT2D eigenvalue weighted by Gasteiger charge is -2.20. The number of hydrogen-bond donors (Lipinski definition) is 0. The van der Waals surface area contributed by atoms with Crippen molar-refractivity contribution in [2.24, 2.45) is 0 Å². The lowest BCUT2D eigenvalue weighted by Crippen LogP contribution is -1.93. The van der Waals surface area contributed by atoms with Crippen LogP contribution >= 0.6 is 0 Å². The number of fused-ring (bicyclic) bond motifs is 18. The van der Waals surface area contributed by atoms with E-state index in [1.807, 2.05) is 30.3 Å². The van der Waals surface area contributed by atoms with Gasteiger partial charge in [-0.1, -0.05) is 400 Å². The molecule has 3 heteroatoms. The normalized spacial score (nSPS) is 11.7. The number of rotatable bonds is 9. The van der Waals surface area contributed by atoms with E-state index in [0.717, 1.165) is 65.8 Å². The van der Waals surface area contributed by atoms with Crippen LogP contribution in [0.1, 0.15) is 0 Å². The van der Waals surface area contributed by atoms with Gasteiger partial charge in [0.1, 0.15) is 33.5 Å². The molecule has 0 N–H and O–H groups in total. The number of benzene rings is 24. The average molecular weight is 1640 g/mol. The van der Waals surface area contributed by atoms with Crippen molar-refractivity contribution < 1.29 is 13.3 Å². The lowest BCUT2D eigenvalue weighted by molar-refractivity contribution is 0.668. The third kappa shape index (κ3) is 12.6. The zero-order chi connectivity index (χ0) is 85.0. The topological polar surface area (TPSA) is 39.4 Å². The van der Waals surface area contributed by atoms with Gasteiger partial charge in [0.25, 0.3) is 0 Å². The van der Waals surface area contributed by atoms with Gasteiger partial charge in [0.2, 0.25) is 0 Å². The molecule has 0 amide bonds. The summed E-state index contributed by atoms with van der Waals surface area (Å²) in [5.41, 5.74) is 27.8. The monoisotopic (exact) mass is 1640 g/mol. The third-order valence-corrected chi connectivity index (χ3v) is 26.6. The van der Waals surface area contributed by atoms with Crippen molar-refractivity contribution in [2.45, 2.75) is 0 Å². The highest BCUT2D eigenvalue weighted by atomic mass is 16.3. The fourth-order valence-electron chi connectivity index (χ4n) is 20.8. The van der Waals surface area contributed by atoms with E-state index >= 15 is 0 Å². The van der Waals surface area contributed by atoms with E-state index in [2.05, 4.69) is 443 Å². The molecule has 0 unspecified atom stereocenters. The highest BCUT2D eigenvalue weighted by molar-refractivity contribution is 6.29. The van der Waals surface area contributed by atoms with E-state index in [0.29, 0.717) is 0 Å². The minimum Gasteiger partial charge on any atom is -0.456 e. The first-order chi connectivity index (χ1) is 64.0. The molecule has 3 heterocycles.